The van der Waals surface area contributed by atoms with Crippen LogP contribution in [0.2, 0.25) is 0 Å². The number of methoxy groups -OCH3 is 1. The number of hydrogen-bond acceptors (Lipinski definition) is 4. The Morgan fingerprint density at radius 3 is 2.76 bits per heavy atom. The molecule has 0 spiro atoms. The SMILES string of the molecule is CCOC(CN)CN(C)c1cccc(OC)c1. The van der Waals surface area contributed by atoms with Crippen molar-refractivity contribution in [2.75, 3.05) is 38.8 Å². The molecule has 17 heavy (non-hydrogen) atoms. The number of benzene rings is 1. The highest BCUT2D eigenvalue weighted by Crippen LogP contribution is 2.20. The number of ether oxygens (including phenoxy) is 2. The molecule has 0 radical (unpaired) electrons. The van der Waals surface area contributed by atoms with E-state index in [0.29, 0.717) is 13.2 Å². The van der Waals surface area contributed by atoms with Crippen molar-refractivity contribution < 1.29 is 9.47 Å². The van der Waals surface area contributed by atoms with Gasteiger partial charge in [0.15, 0.2) is 0 Å². The van der Waals surface area contributed by atoms with Crippen molar-refractivity contribution >= 4 is 5.69 Å². The van der Waals surface area contributed by atoms with Crippen molar-refractivity contribution in [3.05, 3.63) is 24.3 Å². The zero-order valence-electron chi connectivity index (χ0n) is 10.8. The summed E-state index contributed by atoms with van der Waals surface area (Å²) in [5.74, 6) is 0.857. The minimum atomic E-state index is 0.0659. The first-order chi connectivity index (χ1) is 8.21. The van der Waals surface area contributed by atoms with Gasteiger partial charge in [-0.25, -0.2) is 0 Å². The highest BCUT2D eigenvalue weighted by molar-refractivity contribution is 5.50. The monoisotopic (exact) mass is 238 g/mol. The van der Waals surface area contributed by atoms with Gasteiger partial charge in [-0.15, -0.1) is 0 Å². The number of nitrogens with two attached hydrogens (primary N) is 1. The Kier molecular flexibility index (Phi) is 5.80. The van der Waals surface area contributed by atoms with Crippen LogP contribution in [0.1, 0.15) is 6.92 Å². The first-order valence-electron chi connectivity index (χ1n) is 5.88. The Morgan fingerprint density at radius 1 is 1.41 bits per heavy atom. The van der Waals surface area contributed by atoms with Crippen LogP contribution >= 0.6 is 0 Å². The van der Waals surface area contributed by atoms with Crippen LogP contribution in [0.4, 0.5) is 5.69 Å². The van der Waals surface area contributed by atoms with Gasteiger partial charge < -0.3 is 20.1 Å². The van der Waals surface area contributed by atoms with Crippen molar-refractivity contribution in [1.82, 2.24) is 0 Å². The minimum absolute atomic E-state index is 0.0659. The number of rotatable bonds is 7. The second-order valence-corrected chi connectivity index (χ2v) is 3.90. The summed E-state index contributed by atoms with van der Waals surface area (Å²) in [5, 5.41) is 0. The van der Waals surface area contributed by atoms with Crippen molar-refractivity contribution in [3.8, 4) is 5.75 Å². The van der Waals surface area contributed by atoms with Gasteiger partial charge in [0.1, 0.15) is 5.75 Å². The molecule has 0 saturated carbocycles. The molecule has 0 amide bonds. The van der Waals surface area contributed by atoms with Gasteiger partial charge in [-0.2, -0.15) is 0 Å². The van der Waals surface area contributed by atoms with E-state index < -0.39 is 0 Å². The number of likely N-dealkylation sites (N-methyl/N-ethyl adjacent to an activating group) is 1. The molecule has 96 valence electrons. The van der Waals surface area contributed by atoms with E-state index in [-0.39, 0.29) is 6.10 Å². The third-order valence-corrected chi connectivity index (χ3v) is 2.64. The highest BCUT2D eigenvalue weighted by Gasteiger charge is 2.10. The summed E-state index contributed by atoms with van der Waals surface area (Å²) in [6, 6.07) is 7.95. The molecule has 0 bridgehead atoms. The van der Waals surface area contributed by atoms with Crippen LogP contribution in [0.3, 0.4) is 0 Å². The molecule has 0 aliphatic carbocycles. The Bertz CT molecular complexity index is 331. The fourth-order valence-corrected chi connectivity index (χ4v) is 1.69. The van der Waals surface area contributed by atoms with E-state index >= 15 is 0 Å². The summed E-state index contributed by atoms with van der Waals surface area (Å²) in [5.41, 5.74) is 6.76. The molecule has 2 N–H and O–H groups in total. The quantitative estimate of drug-likeness (QED) is 0.782. The Morgan fingerprint density at radius 2 is 2.18 bits per heavy atom. The zero-order chi connectivity index (χ0) is 12.7. The Balaban J connectivity index is 2.64. The summed E-state index contributed by atoms with van der Waals surface area (Å²) in [7, 11) is 3.69. The molecule has 0 saturated heterocycles. The van der Waals surface area contributed by atoms with Gasteiger partial charge >= 0.3 is 0 Å². The lowest BCUT2D eigenvalue weighted by atomic mass is 10.2. The number of anilines is 1. The summed E-state index contributed by atoms with van der Waals surface area (Å²) in [6.07, 6.45) is 0.0659. The molecule has 1 unspecified atom stereocenters. The van der Waals surface area contributed by atoms with Gasteiger partial charge in [0.2, 0.25) is 0 Å². The van der Waals surface area contributed by atoms with Gasteiger partial charge in [-0.3, -0.25) is 0 Å². The largest absolute Gasteiger partial charge is 0.497 e. The molecule has 4 heteroatoms. The van der Waals surface area contributed by atoms with Gasteiger partial charge in [0.25, 0.3) is 0 Å². The van der Waals surface area contributed by atoms with E-state index in [9.17, 15) is 0 Å². The predicted octanol–water partition coefficient (Wildman–Crippen LogP) is 1.50. The molecule has 4 nitrogen and oxygen atoms in total. The van der Waals surface area contributed by atoms with Crippen LogP contribution in [0.25, 0.3) is 0 Å². The first-order valence-corrected chi connectivity index (χ1v) is 5.88. The maximum atomic E-state index is 5.66. The van der Waals surface area contributed by atoms with E-state index in [1.807, 2.05) is 38.2 Å². The predicted molar refractivity (Wildman–Crippen MR) is 70.7 cm³/mol. The normalized spacial score (nSPS) is 12.2. The van der Waals surface area contributed by atoms with Crippen LogP contribution in [0, 0.1) is 0 Å². The molecule has 0 fully saturated rings. The fourth-order valence-electron chi connectivity index (χ4n) is 1.69. The summed E-state index contributed by atoms with van der Waals surface area (Å²) in [4.78, 5) is 2.12. The Labute approximate surface area is 103 Å². The fraction of sp³-hybridized carbons (Fsp3) is 0.538. The number of nitrogens with zero attached hydrogens (tertiary/aromatic N) is 1. The van der Waals surface area contributed by atoms with Gasteiger partial charge in [-0.05, 0) is 19.1 Å². The summed E-state index contributed by atoms with van der Waals surface area (Å²) >= 11 is 0. The minimum Gasteiger partial charge on any atom is -0.497 e. The van der Waals surface area contributed by atoms with Crippen LogP contribution in [0.5, 0.6) is 5.75 Å². The van der Waals surface area contributed by atoms with Crippen LogP contribution in [-0.2, 0) is 4.74 Å². The first kappa shape index (κ1) is 13.8. The smallest absolute Gasteiger partial charge is 0.120 e. The van der Waals surface area contributed by atoms with Crippen LogP contribution in [-0.4, -0.2) is 40.0 Å². The lowest BCUT2D eigenvalue weighted by Gasteiger charge is -2.25. The lowest BCUT2D eigenvalue weighted by Crippen LogP contribution is -2.36. The lowest BCUT2D eigenvalue weighted by molar-refractivity contribution is 0.0745. The van der Waals surface area contributed by atoms with E-state index in [1.165, 1.54) is 0 Å². The molecule has 0 heterocycles. The maximum Gasteiger partial charge on any atom is 0.120 e. The Hall–Kier alpha value is -1.26. The molecular formula is C13H22N2O2. The maximum absolute atomic E-state index is 5.66. The van der Waals surface area contributed by atoms with Crippen molar-refractivity contribution in [1.29, 1.82) is 0 Å². The standard InChI is InChI=1S/C13H22N2O2/c1-4-17-13(9-14)10-15(2)11-6-5-7-12(8-11)16-3/h5-8,13H,4,9-10,14H2,1-3H3. The topological polar surface area (TPSA) is 47.7 Å². The number of hydrogen-bond donors (Lipinski definition) is 1. The van der Waals surface area contributed by atoms with Crippen LogP contribution in [0.15, 0.2) is 24.3 Å². The van der Waals surface area contributed by atoms with Crippen molar-refractivity contribution in [3.63, 3.8) is 0 Å². The second-order valence-electron chi connectivity index (χ2n) is 3.90. The third kappa shape index (κ3) is 4.24. The average molecular weight is 238 g/mol. The van der Waals surface area contributed by atoms with E-state index in [4.69, 9.17) is 15.2 Å². The molecule has 1 atom stereocenters. The summed E-state index contributed by atoms with van der Waals surface area (Å²) in [6.45, 7) is 3.97. The molecule has 1 aromatic rings. The second kappa shape index (κ2) is 7.14. The molecule has 0 aromatic heterocycles. The molecule has 0 aliphatic heterocycles. The average Bonchev–Trinajstić information content (AvgIpc) is 2.38. The van der Waals surface area contributed by atoms with E-state index in [2.05, 4.69) is 4.90 Å². The third-order valence-electron chi connectivity index (χ3n) is 2.64. The van der Waals surface area contributed by atoms with Gasteiger partial charge in [0.05, 0.1) is 13.2 Å². The van der Waals surface area contributed by atoms with Crippen molar-refractivity contribution in [2.24, 2.45) is 5.73 Å². The zero-order valence-corrected chi connectivity index (χ0v) is 10.8. The van der Waals surface area contributed by atoms with E-state index in [0.717, 1.165) is 18.0 Å². The van der Waals surface area contributed by atoms with Crippen molar-refractivity contribution in [2.45, 2.75) is 13.0 Å². The molecular weight excluding hydrogens is 216 g/mol. The van der Waals surface area contributed by atoms with Gasteiger partial charge in [-0.1, -0.05) is 6.07 Å². The van der Waals surface area contributed by atoms with Crippen LogP contribution < -0.4 is 15.4 Å². The highest BCUT2D eigenvalue weighted by atomic mass is 16.5. The molecule has 1 rings (SSSR count). The molecule has 0 aliphatic rings. The molecule has 1 aromatic carbocycles. The summed E-state index contributed by atoms with van der Waals surface area (Å²) < 4.78 is 10.7. The van der Waals surface area contributed by atoms with E-state index in [1.54, 1.807) is 7.11 Å². The van der Waals surface area contributed by atoms with Gasteiger partial charge in [0, 0.05) is 38.5 Å².